The van der Waals surface area contributed by atoms with Crippen LogP contribution in [0.15, 0.2) is 0 Å². The van der Waals surface area contributed by atoms with E-state index >= 15 is 0 Å². The highest BCUT2D eigenvalue weighted by molar-refractivity contribution is 7.87. The van der Waals surface area contributed by atoms with Gasteiger partial charge in [-0.2, -0.15) is 17.4 Å². The number of carbonyl (C=O) groups is 1. The minimum absolute atomic E-state index is 0.0559. The lowest BCUT2D eigenvalue weighted by Gasteiger charge is -2.35. The number of carbonyl (C=O) groups excluding carboxylic acids is 1. The molecule has 0 aromatic rings. The van der Waals surface area contributed by atoms with Crippen LogP contribution in [0.2, 0.25) is 0 Å². The highest BCUT2D eigenvalue weighted by Gasteiger charge is 2.31. The molecule has 1 amide bonds. The SMILES string of the molecule is CC(C)C(=O)N1CCC[C@H](NS(=O)(=O)N2CCOCC2)C1. The summed E-state index contributed by atoms with van der Waals surface area (Å²) in [6.07, 6.45) is 1.60. The van der Waals surface area contributed by atoms with Crippen LogP contribution in [0, 0.1) is 5.92 Å². The third kappa shape index (κ3) is 4.38. The summed E-state index contributed by atoms with van der Waals surface area (Å²) >= 11 is 0. The molecule has 2 heterocycles. The van der Waals surface area contributed by atoms with E-state index in [2.05, 4.69) is 4.72 Å². The van der Waals surface area contributed by atoms with Crippen molar-refractivity contribution in [1.82, 2.24) is 13.9 Å². The first-order valence-corrected chi connectivity index (χ1v) is 8.98. The van der Waals surface area contributed by atoms with E-state index in [9.17, 15) is 13.2 Å². The molecule has 1 atom stereocenters. The number of likely N-dealkylation sites (tertiary alicyclic amines) is 1. The van der Waals surface area contributed by atoms with Gasteiger partial charge in [-0.15, -0.1) is 0 Å². The number of hydrogen-bond acceptors (Lipinski definition) is 4. The van der Waals surface area contributed by atoms with Crippen LogP contribution >= 0.6 is 0 Å². The van der Waals surface area contributed by atoms with Gasteiger partial charge in [0, 0.05) is 38.1 Å². The van der Waals surface area contributed by atoms with Crippen molar-refractivity contribution >= 4 is 16.1 Å². The first kappa shape index (κ1) is 16.7. The fourth-order valence-corrected chi connectivity index (χ4v) is 4.10. The predicted molar refractivity (Wildman–Crippen MR) is 78.9 cm³/mol. The standard InChI is InChI=1S/C13H25N3O4S/c1-11(2)13(17)15-5-3-4-12(10-15)14-21(18,19)16-6-8-20-9-7-16/h11-12,14H,3-10H2,1-2H3/t12-/m0/s1. The Labute approximate surface area is 126 Å². The summed E-state index contributed by atoms with van der Waals surface area (Å²) in [4.78, 5) is 13.8. The van der Waals surface area contributed by atoms with E-state index in [4.69, 9.17) is 4.74 Å². The van der Waals surface area contributed by atoms with Gasteiger partial charge in [-0.25, -0.2) is 0 Å². The number of hydrogen-bond donors (Lipinski definition) is 1. The van der Waals surface area contributed by atoms with Crippen LogP contribution in [0.1, 0.15) is 26.7 Å². The smallest absolute Gasteiger partial charge is 0.279 e. The molecule has 2 aliphatic rings. The largest absolute Gasteiger partial charge is 0.379 e. The van der Waals surface area contributed by atoms with Crippen molar-refractivity contribution in [2.45, 2.75) is 32.7 Å². The summed E-state index contributed by atoms with van der Waals surface area (Å²) in [5, 5.41) is 0. The topological polar surface area (TPSA) is 79.0 Å². The number of morpholine rings is 1. The molecule has 0 aliphatic carbocycles. The Morgan fingerprint density at radius 2 is 1.90 bits per heavy atom. The molecule has 0 aromatic carbocycles. The van der Waals surface area contributed by atoms with Crippen LogP contribution in [0.5, 0.6) is 0 Å². The molecular weight excluding hydrogens is 294 g/mol. The van der Waals surface area contributed by atoms with Crippen molar-refractivity contribution in [2.75, 3.05) is 39.4 Å². The number of piperidine rings is 1. The molecule has 1 N–H and O–H groups in total. The average molecular weight is 319 g/mol. The number of ether oxygens (including phenoxy) is 1. The van der Waals surface area contributed by atoms with Crippen LogP contribution in [0.4, 0.5) is 0 Å². The second kappa shape index (κ2) is 7.04. The van der Waals surface area contributed by atoms with Gasteiger partial charge in [0.25, 0.3) is 10.2 Å². The lowest BCUT2D eigenvalue weighted by molar-refractivity contribution is -0.135. The van der Waals surface area contributed by atoms with Gasteiger partial charge in [-0.1, -0.05) is 13.8 Å². The van der Waals surface area contributed by atoms with Crippen LogP contribution in [-0.4, -0.2) is 69.0 Å². The molecular formula is C13H25N3O4S. The Hall–Kier alpha value is -0.700. The number of rotatable bonds is 4. The van der Waals surface area contributed by atoms with Gasteiger partial charge in [0.05, 0.1) is 13.2 Å². The zero-order valence-electron chi connectivity index (χ0n) is 12.7. The molecule has 0 radical (unpaired) electrons. The normalized spacial score (nSPS) is 25.3. The van der Waals surface area contributed by atoms with Gasteiger partial charge < -0.3 is 9.64 Å². The van der Waals surface area contributed by atoms with Gasteiger partial charge in [0.1, 0.15) is 0 Å². The predicted octanol–water partition coefficient (Wildman–Crippen LogP) is -0.200. The minimum atomic E-state index is -3.49. The minimum Gasteiger partial charge on any atom is -0.379 e. The van der Waals surface area contributed by atoms with Crippen molar-refractivity contribution < 1.29 is 17.9 Å². The van der Waals surface area contributed by atoms with Gasteiger partial charge in [-0.05, 0) is 12.8 Å². The monoisotopic (exact) mass is 319 g/mol. The van der Waals surface area contributed by atoms with Gasteiger partial charge in [-0.3, -0.25) is 4.79 Å². The zero-order chi connectivity index (χ0) is 15.5. The van der Waals surface area contributed by atoms with Crippen molar-refractivity contribution in [3.63, 3.8) is 0 Å². The molecule has 0 unspecified atom stereocenters. The summed E-state index contributed by atoms with van der Waals surface area (Å²) < 4.78 is 34.0. The number of nitrogens with zero attached hydrogens (tertiary/aromatic N) is 2. The first-order valence-electron chi connectivity index (χ1n) is 7.54. The third-order valence-electron chi connectivity index (χ3n) is 3.85. The quantitative estimate of drug-likeness (QED) is 0.778. The van der Waals surface area contributed by atoms with Crippen molar-refractivity contribution in [3.8, 4) is 0 Å². The van der Waals surface area contributed by atoms with E-state index in [0.29, 0.717) is 39.4 Å². The molecule has 0 spiro atoms. The van der Waals surface area contributed by atoms with E-state index in [1.807, 2.05) is 13.8 Å². The van der Waals surface area contributed by atoms with Crippen molar-refractivity contribution in [2.24, 2.45) is 5.92 Å². The molecule has 2 aliphatic heterocycles. The summed E-state index contributed by atoms with van der Waals surface area (Å²) in [6, 6.07) is -0.200. The van der Waals surface area contributed by atoms with Crippen LogP contribution in [0.3, 0.4) is 0 Å². The molecule has 0 aromatic heterocycles. The van der Waals surface area contributed by atoms with Crippen LogP contribution < -0.4 is 4.72 Å². The summed E-state index contributed by atoms with van der Waals surface area (Å²) in [5.74, 6) is 0.0323. The average Bonchev–Trinajstić information content (AvgIpc) is 2.47. The molecule has 2 saturated heterocycles. The molecule has 8 heteroatoms. The molecule has 21 heavy (non-hydrogen) atoms. The maximum absolute atomic E-state index is 12.3. The summed E-state index contributed by atoms with van der Waals surface area (Å²) in [6.45, 7) is 6.54. The van der Waals surface area contributed by atoms with Crippen molar-refractivity contribution in [3.05, 3.63) is 0 Å². The lowest BCUT2D eigenvalue weighted by Crippen LogP contribution is -2.55. The van der Waals surface area contributed by atoms with Gasteiger partial charge in [0.15, 0.2) is 0 Å². The molecule has 2 rings (SSSR count). The highest BCUT2D eigenvalue weighted by Crippen LogP contribution is 2.15. The van der Waals surface area contributed by atoms with E-state index in [1.54, 1.807) is 4.90 Å². The molecule has 0 saturated carbocycles. The van der Waals surface area contributed by atoms with Crippen LogP contribution in [0.25, 0.3) is 0 Å². The van der Waals surface area contributed by atoms with Crippen LogP contribution in [-0.2, 0) is 19.7 Å². The Bertz CT molecular complexity index is 460. The zero-order valence-corrected chi connectivity index (χ0v) is 13.6. The Balaban J connectivity index is 1.94. The highest BCUT2D eigenvalue weighted by atomic mass is 32.2. The molecule has 2 fully saturated rings. The fraction of sp³-hybridized carbons (Fsp3) is 0.923. The van der Waals surface area contributed by atoms with E-state index in [0.717, 1.165) is 12.8 Å². The second-order valence-electron chi connectivity index (χ2n) is 5.91. The van der Waals surface area contributed by atoms with Crippen molar-refractivity contribution in [1.29, 1.82) is 0 Å². The number of nitrogens with one attached hydrogen (secondary N) is 1. The molecule has 7 nitrogen and oxygen atoms in total. The number of amides is 1. The Morgan fingerprint density at radius 3 is 2.52 bits per heavy atom. The Kier molecular flexibility index (Phi) is 5.59. The lowest BCUT2D eigenvalue weighted by atomic mass is 10.0. The molecule has 122 valence electrons. The van der Waals surface area contributed by atoms with Gasteiger partial charge >= 0.3 is 0 Å². The molecule has 0 bridgehead atoms. The second-order valence-corrected chi connectivity index (χ2v) is 7.61. The third-order valence-corrected chi connectivity index (χ3v) is 5.53. The maximum Gasteiger partial charge on any atom is 0.279 e. The van der Waals surface area contributed by atoms with E-state index in [1.165, 1.54) is 4.31 Å². The maximum atomic E-state index is 12.3. The summed E-state index contributed by atoms with van der Waals surface area (Å²) in [5.41, 5.74) is 0. The van der Waals surface area contributed by atoms with Gasteiger partial charge in [0.2, 0.25) is 5.91 Å². The Morgan fingerprint density at radius 1 is 1.24 bits per heavy atom. The van der Waals surface area contributed by atoms with E-state index < -0.39 is 10.2 Å². The van der Waals surface area contributed by atoms with E-state index in [-0.39, 0.29) is 17.9 Å². The first-order chi connectivity index (χ1) is 9.90. The fourth-order valence-electron chi connectivity index (χ4n) is 2.71. The summed E-state index contributed by atoms with van der Waals surface area (Å²) in [7, 11) is -3.49.